The lowest BCUT2D eigenvalue weighted by atomic mass is 9.99. The molecule has 2 aromatic rings. The minimum absolute atomic E-state index is 0.0644. The molecule has 0 fully saturated rings. The maximum Gasteiger partial charge on any atom is 0.141 e. The monoisotopic (exact) mass is 295 g/mol. The van der Waals surface area contributed by atoms with Gasteiger partial charge in [0.15, 0.2) is 0 Å². The Bertz CT molecular complexity index is 611. The maximum absolute atomic E-state index is 13.4. The standard InChI is InChI=1S/C16H16ClF2N/c1-10(2)20-9-12-7-13(18)4-5-14(12)11-3-6-16(19)15(17)8-11/h3-8,10,20H,9H2,1-2H3. The van der Waals surface area contributed by atoms with Crippen molar-refractivity contribution in [3.05, 3.63) is 58.6 Å². The van der Waals surface area contributed by atoms with Crippen molar-refractivity contribution in [3.63, 3.8) is 0 Å². The van der Waals surface area contributed by atoms with Crippen LogP contribution in [0.5, 0.6) is 0 Å². The van der Waals surface area contributed by atoms with Crippen molar-refractivity contribution in [1.29, 1.82) is 0 Å². The molecule has 0 spiro atoms. The Labute approximate surface area is 122 Å². The summed E-state index contributed by atoms with van der Waals surface area (Å²) >= 11 is 5.81. The van der Waals surface area contributed by atoms with E-state index in [1.165, 1.54) is 18.2 Å². The summed E-state index contributed by atoms with van der Waals surface area (Å²) in [4.78, 5) is 0. The summed E-state index contributed by atoms with van der Waals surface area (Å²) in [7, 11) is 0. The van der Waals surface area contributed by atoms with Crippen LogP contribution in [0.1, 0.15) is 19.4 Å². The average Bonchev–Trinajstić information content (AvgIpc) is 2.40. The molecule has 1 nitrogen and oxygen atoms in total. The lowest BCUT2D eigenvalue weighted by Crippen LogP contribution is -2.22. The Morgan fingerprint density at radius 3 is 2.50 bits per heavy atom. The molecule has 0 aliphatic heterocycles. The summed E-state index contributed by atoms with van der Waals surface area (Å²) in [6.45, 7) is 4.58. The average molecular weight is 296 g/mol. The van der Waals surface area contributed by atoms with Crippen molar-refractivity contribution < 1.29 is 8.78 Å². The highest BCUT2D eigenvalue weighted by Gasteiger charge is 2.09. The van der Waals surface area contributed by atoms with Gasteiger partial charge in [0.1, 0.15) is 11.6 Å². The van der Waals surface area contributed by atoms with Gasteiger partial charge in [-0.05, 0) is 41.0 Å². The van der Waals surface area contributed by atoms with E-state index in [0.717, 1.165) is 16.7 Å². The van der Waals surface area contributed by atoms with Crippen molar-refractivity contribution in [2.24, 2.45) is 0 Å². The third kappa shape index (κ3) is 3.56. The van der Waals surface area contributed by atoms with Gasteiger partial charge in [0.2, 0.25) is 0 Å². The summed E-state index contributed by atoms with van der Waals surface area (Å²) in [5, 5.41) is 3.32. The lowest BCUT2D eigenvalue weighted by Gasteiger charge is -2.13. The smallest absolute Gasteiger partial charge is 0.141 e. The van der Waals surface area contributed by atoms with Crippen LogP contribution in [0.25, 0.3) is 11.1 Å². The second kappa shape index (κ2) is 6.33. The molecule has 0 atom stereocenters. The van der Waals surface area contributed by atoms with E-state index >= 15 is 0 Å². The van der Waals surface area contributed by atoms with Crippen LogP contribution in [-0.4, -0.2) is 6.04 Å². The SMILES string of the molecule is CC(C)NCc1cc(F)ccc1-c1ccc(F)c(Cl)c1. The summed E-state index contributed by atoms with van der Waals surface area (Å²) in [5.41, 5.74) is 2.44. The summed E-state index contributed by atoms with van der Waals surface area (Å²) < 4.78 is 26.6. The van der Waals surface area contributed by atoms with Crippen LogP contribution >= 0.6 is 11.6 Å². The first-order chi connectivity index (χ1) is 9.47. The summed E-state index contributed by atoms with van der Waals surface area (Å²) in [6.07, 6.45) is 0. The van der Waals surface area contributed by atoms with Crippen molar-refractivity contribution >= 4 is 11.6 Å². The second-order valence-electron chi connectivity index (χ2n) is 4.97. The van der Waals surface area contributed by atoms with Crippen LogP contribution in [0.3, 0.4) is 0 Å². The van der Waals surface area contributed by atoms with Crippen molar-refractivity contribution in [2.45, 2.75) is 26.4 Å². The van der Waals surface area contributed by atoms with E-state index in [9.17, 15) is 8.78 Å². The van der Waals surface area contributed by atoms with Gasteiger partial charge in [-0.1, -0.05) is 37.6 Å². The highest BCUT2D eigenvalue weighted by atomic mass is 35.5. The molecular formula is C16H16ClF2N. The molecule has 0 saturated carbocycles. The zero-order valence-electron chi connectivity index (χ0n) is 11.4. The molecule has 0 bridgehead atoms. The van der Waals surface area contributed by atoms with Gasteiger partial charge in [-0.3, -0.25) is 0 Å². The molecule has 0 aliphatic rings. The minimum Gasteiger partial charge on any atom is -0.310 e. The van der Waals surface area contributed by atoms with Crippen LogP contribution in [0.4, 0.5) is 8.78 Å². The van der Waals surface area contributed by atoms with Gasteiger partial charge in [-0.15, -0.1) is 0 Å². The predicted octanol–water partition coefficient (Wildman–Crippen LogP) is 4.78. The first kappa shape index (κ1) is 14.9. The molecule has 0 heterocycles. The van der Waals surface area contributed by atoms with Crippen LogP contribution in [-0.2, 0) is 6.54 Å². The molecule has 0 aromatic heterocycles. The van der Waals surface area contributed by atoms with Gasteiger partial charge in [-0.25, -0.2) is 8.78 Å². The van der Waals surface area contributed by atoms with Crippen molar-refractivity contribution in [1.82, 2.24) is 5.32 Å². The van der Waals surface area contributed by atoms with E-state index in [1.54, 1.807) is 18.2 Å². The first-order valence-corrected chi connectivity index (χ1v) is 6.82. The minimum atomic E-state index is -0.459. The fraction of sp³-hybridized carbons (Fsp3) is 0.250. The van der Waals surface area contributed by atoms with Gasteiger partial charge in [0.05, 0.1) is 5.02 Å². The number of hydrogen-bond acceptors (Lipinski definition) is 1. The molecule has 0 saturated heterocycles. The van der Waals surface area contributed by atoms with Crippen LogP contribution < -0.4 is 5.32 Å². The molecule has 2 aromatic carbocycles. The van der Waals surface area contributed by atoms with E-state index in [-0.39, 0.29) is 10.8 Å². The molecule has 2 rings (SSSR count). The fourth-order valence-electron chi connectivity index (χ4n) is 1.97. The summed E-state index contributed by atoms with van der Waals surface area (Å²) in [5.74, 6) is -0.748. The molecule has 0 aliphatic carbocycles. The van der Waals surface area contributed by atoms with Crippen LogP contribution in [0.2, 0.25) is 5.02 Å². The Morgan fingerprint density at radius 1 is 1.10 bits per heavy atom. The van der Waals surface area contributed by atoms with E-state index in [1.807, 2.05) is 13.8 Å². The largest absolute Gasteiger partial charge is 0.310 e. The highest BCUT2D eigenvalue weighted by molar-refractivity contribution is 6.31. The molecule has 0 amide bonds. The highest BCUT2D eigenvalue weighted by Crippen LogP contribution is 2.28. The normalized spacial score (nSPS) is 11.1. The zero-order valence-corrected chi connectivity index (χ0v) is 12.1. The topological polar surface area (TPSA) is 12.0 Å². The fourth-order valence-corrected chi connectivity index (χ4v) is 2.15. The second-order valence-corrected chi connectivity index (χ2v) is 5.37. The van der Waals surface area contributed by atoms with Gasteiger partial charge >= 0.3 is 0 Å². The Hall–Kier alpha value is -1.45. The van der Waals surface area contributed by atoms with Crippen molar-refractivity contribution in [2.75, 3.05) is 0 Å². The molecule has 0 unspecified atom stereocenters. The van der Waals surface area contributed by atoms with Crippen LogP contribution in [0, 0.1) is 11.6 Å². The van der Waals surface area contributed by atoms with Crippen LogP contribution in [0.15, 0.2) is 36.4 Å². The molecule has 4 heteroatoms. The van der Waals surface area contributed by atoms with Gasteiger partial charge in [-0.2, -0.15) is 0 Å². The molecule has 1 N–H and O–H groups in total. The number of halogens is 3. The molecule has 20 heavy (non-hydrogen) atoms. The first-order valence-electron chi connectivity index (χ1n) is 6.44. The van der Waals surface area contributed by atoms with E-state index in [0.29, 0.717) is 12.6 Å². The molecular weight excluding hydrogens is 280 g/mol. The number of hydrogen-bond donors (Lipinski definition) is 1. The lowest BCUT2D eigenvalue weighted by molar-refractivity contribution is 0.582. The Balaban J connectivity index is 2.41. The maximum atomic E-state index is 13.4. The van der Waals surface area contributed by atoms with E-state index < -0.39 is 5.82 Å². The Morgan fingerprint density at radius 2 is 1.85 bits per heavy atom. The van der Waals surface area contributed by atoms with E-state index in [4.69, 9.17) is 11.6 Å². The predicted molar refractivity (Wildman–Crippen MR) is 78.8 cm³/mol. The van der Waals surface area contributed by atoms with E-state index in [2.05, 4.69) is 5.32 Å². The molecule has 0 radical (unpaired) electrons. The number of benzene rings is 2. The third-order valence-electron chi connectivity index (χ3n) is 3.00. The summed E-state index contributed by atoms with van der Waals surface area (Å²) in [6, 6.07) is 9.39. The number of rotatable bonds is 4. The zero-order chi connectivity index (χ0) is 14.7. The van der Waals surface area contributed by atoms with Gasteiger partial charge in [0, 0.05) is 12.6 Å². The quantitative estimate of drug-likeness (QED) is 0.855. The third-order valence-corrected chi connectivity index (χ3v) is 3.29. The van der Waals surface area contributed by atoms with Gasteiger partial charge in [0.25, 0.3) is 0 Å². The van der Waals surface area contributed by atoms with Crippen molar-refractivity contribution in [3.8, 4) is 11.1 Å². The molecule has 106 valence electrons. The number of nitrogens with one attached hydrogen (secondary N) is 1. The van der Waals surface area contributed by atoms with Gasteiger partial charge < -0.3 is 5.32 Å². The Kier molecular flexibility index (Phi) is 4.73.